The molecule has 1 saturated carbocycles. The maximum Gasteiger partial charge on any atom is 0.261 e. The van der Waals surface area contributed by atoms with Crippen LogP contribution >= 0.6 is 0 Å². The first-order valence-electron chi connectivity index (χ1n) is 8.80. The van der Waals surface area contributed by atoms with Gasteiger partial charge >= 0.3 is 0 Å². The van der Waals surface area contributed by atoms with Gasteiger partial charge < -0.3 is 9.64 Å². The van der Waals surface area contributed by atoms with Crippen molar-refractivity contribution in [1.29, 1.82) is 0 Å². The molecule has 2 aromatic rings. The van der Waals surface area contributed by atoms with Crippen molar-refractivity contribution in [3.8, 4) is 5.75 Å². The van der Waals surface area contributed by atoms with E-state index >= 15 is 0 Å². The summed E-state index contributed by atoms with van der Waals surface area (Å²) in [5, 5.41) is 0. The van der Waals surface area contributed by atoms with E-state index < -0.39 is 0 Å². The van der Waals surface area contributed by atoms with E-state index in [1.807, 2.05) is 24.3 Å². The molecule has 1 fully saturated rings. The lowest BCUT2D eigenvalue weighted by Gasteiger charge is -2.23. The number of nitrogens with zero attached hydrogens (tertiary/aromatic N) is 1. The van der Waals surface area contributed by atoms with E-state index in [-0.39, 0.29) is 24.4 Å². The van der Waals surface area contributed by atoms with Gasteiger partial charge in [0.15, 0.2) is 6.61 Å². The van der Waals surface area contributed by atoms with Gasteiger partial charge in [-0.25, -0.2) is 4.39 Å². The minimum atomic E-state index is -0.272. The number of hydrogen-bond acceptors (Lipinski definition) is 2. The summed E-state index contributed by atoms with van der Waals surface area (Å²) in [5.74, 6) is 0.769. The molecule has 25 heavy (non-hydrogen) atoms. The zero-order valence-corrected chi connectivity index (χ0v) is 14.7. The van der Waals surface area contributed by atoms with Gasteiger partial charge in [-0.1, -0.05) is 44.2 Å². The topological polar surface area (TPSA) is 29.5 Å². The van der Waals surface area contributed by atoms with E-state index in [9.17, 15) is 9.18 Å². The minimum absolute atomic E-state index is 0.0218. The van der Waals surface area contributed by atoms with Crippen LogP contribution in [-0.4, -0.2) is 23.5 Å². The molecule has 0 spiro atoms. The van der Waals surface area contributed by atoms with E-state index in [1.165, 1.54) is 11.6 Å². The number of halogens is 1. The lowest BCUT2D eigenvalue weighted by molar-refractivity contribution is -0.134. The van der Waals surface area contributed by atoms with Crippen LogP contribution < -0.4 is 4.74 Å². The Labute approximate surface area is 148 Å². The van der Waals surface area contributed by atoms with Crippen molar-refractivity contribution in [2.45, 2.75) is 45.2 Å². The van der Waals surface area contributed by atoms with E-state index in [0.29, 0.717) is 23.8 Å². The Morgan fingerprint density at radius 2 is 1.84 bits per heavy atom. The molecule has 1 aliphatic rings. The molecular formula is C21H24FNO2. The lowest BCUT2D eigenvalue weighted by Crippen LogP contribution is -2.36. The summed E-state index contributed by atoms with van der Waals surface area (Å²) >= 11 is 0. The number of carbonyl (C=O) groups excluding carboxylic acids is 1. The zero-order chi connectivity index (χ0) is 17.8. The molecule has 1 aliphatic carbocycles. The largest absolute Gasteiger partial charge is 0.484 e. The molecule has 0 atom stereocenters. The van der Waals surface area contributed by atoms with Gasteiger partial charge in [-0.2, -0.15) is 0 Å². The SMILES string of the molecule is CC(C)c1ccc(OCC(=O)N(Cc2ccccc2F)C2CC2)cc1. The van der Waals surface area contributed by atoms with Gasteiger partial charge in [0.1, 0.15) is 11.6 Å². The first-order valence-corrected chi connectivity index (χ1v) is 8.80. The molecular weight excluding hydrogens is 317 g/mol. The Morgan fingerprint density at radius 3 is 2.44 bits per heavy atom. The Morgan fingerprint density at radius 1 is 1.16 bits per heavy atom. The number of benzene rings is 2. The number of carbonyl (C=O) groups is 1. The molecule has 2 aromatic carbocycles. The van der Waals surface area contributed by atoms with E-state index in [4.69, 9.17) is 4.74 Å². The maximum atomic E-state index is 13.9. The van der Waals surface area contributed by atoms with Crippen LogP contribution in [-0.2, 0) is 11.3 Å². The summed E-state index contributed by atoms with van der Waals surface area (Å²) in [5.41, 5.74) is 1.78. The van der Waals surface area contributed by atoms with E-state index in [1.54, 1.807) is 23.1 Å². The van der Waals surface area contributed by atoms with Crippen LogP contribution in [0.25, 0.3) is 0 Å². The fourth-order valence-corrected chi connectivity index (χ4v) is 2.79. The minimum Gasteiger partial charge on any atom is -0.484 e. The lowest BCUT2D eigenvalue weighted by atomic mass is 10.0. The standard InChI is InChI=1S/C21H24FNO2/c1-15(2)16-7-11-19(12-8-16)25-14-21(24)23(18-9-10-18)13-17-5-3-4-6-20(17)22/h3-8,11-12,15,18H,9-10,13-14H2,1-2H3. The van der Waals surface area contributed by atoms with Crippen LogP contribution in [0.2, 0.25) is 0 Å². The number of ether oxygens (including phenoxy) is 1. The average Bonchev–Trinajstić information content (AvgIpc) is 3.44. The summed E-state index contributed by atoms with van der Waals surface area (Å²) in [6.07, 6.45) is 1.95. The molecule has 3 nitrogen and oxygen atoms in total. The van der Waals surface area contributed by atoms with Gasteiger partial charge in [-0.3, -0.25) is 4.79 Å². The summed E-state index contributed by atoms with van der Waals surface area (Å²) < 4.78 is 19.5. The fraction of sp³-hybridized carbons (Fsp3) is 0.381. The molecule has 0 saturated heterocycles. The van der Waals surface area contributed by atoms with Gasteiger partial charge in [-0.05, 0) is 42.5 Å². The Balaban J connectivity index is 1.60. The summed E-state index contributed by atoms with van der Waals surface area (Å²) in [7, 11) is 0. The normalized spacial score (nSPS) is 13.8. The van der Waals surface area contributed by atoms with E-state index in [2.05, 4.69) is 13.8 Å². The number of rotatable bonds is 7. The van der Waals surface area contributed by atoms with Crippen molar-refractivity contribution in [3.05, 3.63) is 65.5 Å². The molecule has 4 heteroatoms. The molecule has 0 heterocycles. The monoisotopic (exact) mass is 341 g/mol. The Bertz CT molecular complexity index is 723. The van der Waals surface area contributed by atoms with Gasteiger partial charge in [0.05, 0.1) is 0 Å². The van der Waals surface area contributed by atoms with Crippen molar-refractivity contribution in [1.82, 2.24) is 4.90 Å². The third kappa shape index (κ3) is 4.59. The van der Waals surface area contributed by atoms with Crippen LogP contribution in [0.3, 0.4) is 0 Å². The van der Waals surface area contributed by atoms with Crippen LogP contribution in [0.5, 0.6) is 5.75 Å². The fourth-order valence-electron chi connectivity index (χ4n) is 2.79. The summed E-state index contributed by atoms with van der Waals surface area (Å²) in [4.78, 5) is 14.3. The van der Waals surface area contributed by atoms with Crippen LogP contribution in [0.1, 0.15) is 43.7 Å². The molecule has 3 rings (SSSR count). The van der Waals surface area contributed by atoms with Crippen molar-refractivity contribution >= 4 is 5.91 Å². The first-order chi connectivity index (χ1) is 12.0. The average molecular weight is 341 g/mol. The molecule has 0 N–H and O–H groups in total. The summed E-state index contributed by atoms with van der Waals surface area (Å²) in [6.45, 7) is 4.54. The maximum absolute atomic E-state index is 13.9. The van der Waals surface area contributed by atoms with Crippen molar-refractivity contribution in [3.63, 3.8) is 0 Å². The zero-order valence-electron chi connectivity index (χ0n) is 14.7. The van der Waals surface area contributed by atoms with Crippen LogP contribution in [0.4, 0.5) is 4.39 Å². The molecule has 0 aromatic heterocycles. The second kappa shape index (κ2) is 7.68. The number of amides is 1. The predicted octanol–water partition coefficient (Wildman–Crippen LogP) is 4.52. The van der Waals surface area contributed by atoms with Crippen molar-refractivity contribution in [2.75, 3.05) is 6.61 Å². The highest BCUT2D eigenvalue weighted by molar-refractivity contribution is 5.78. The smallest absolute Gasteiger partial charge is 0.261 e. The highest BCUT2D eigenvalue weighted by Crippen LogP contribution is 2.29. The second-order valence-electron chi connectivity index (χ2n) is 6.86. The molecule has 0 radical (unpaired) electrons. The van der Waals surface area contributed by atoms with Gasteiger partial charge in [0.25, 0.3) is 5.91 Å². The molecule has 1 amide bonds. The molecule has 0 aliphatic heterocycles. The quantitative estimate of drug-likeness (QED) is 0.741. The highest BCUT2D eigenvalue weighted by atomic mass is 19.1. The van der Waals surface area contributed by atoms with Gasteiger partial charge in [-0.15, -0.1) is 0 Å². The Kier molecular flexibility index (Phi) is 5.37. The van der Waals surface area contributed by atoms with Crippen molar-refractivity contribution in [2.24, 2.45) is 0 Å². The highest BCUT2D eigenvalue weighted by Gasteiger charge is 2.33. The van der Waals surface area contributed by atoms with E-state index in [0.717, 1.165) is 12.8 Å². The summed E-state index contributed by atoms with van der Waals surface area (Å²) in [6, 6.07) is 14.6. The van der Waals surface area contributed by atoms with Gasteiger partial charge in [0, 0.05) is 18.2 Å². The Hall–Kier alpha value is -2.36. The van der Waals surface area contributed by atoms with Crippen LogP contribution in [0, 0.1) is 5.82 Å². The van der Waals surface area contributed by atoms with Crippen molar-refractivity contribution < 1.29 is 13.9 Å². The van der Waals surface area contributed by atoms with Crippen LogP contribution in [0.15, 0.2) is 48.5 Å². The van der Waals surface area contributed by atoms with Gasteiger partial charge in [0.2, 0.25) is 0 Å². The third-order valence-corrected chi connectivity index (χ3v) is 4.52. The number of hydrogen-bond donors (Lipinski definition) is 0. The third-order valence-electron chi connectivity index (χ3n) is 4.52. The predicted molar refractivity (Wildman–Crippen MR) is 96.0 cm³/mol. The second-order valence-corrected chi connectivity index (χ2v) is 6.86. The molecule has 132 valence electrons. The molecule has 0 unspecified atom stereocenters. The molecule has 0 bridgehead atoms. The first kappa shape index (κ1) is 17.5.